The summed E-state index contributed by atoms with van der Waals surface area (Å²) in [5.41, 5.74) is 4.81. The lowest BCUT2D eigenvalue weighted by atomic mass is 11.1. The van der Waals surface area contributed by atoms with Crippen LogP contribution in [0.1, 0.15) is 0 Å². The highest BCUT2D eigenvalue weighted by atomic mass is 32.3. The van der Waals surface area contributed by atoms with Crippen molar-refractivity contribution in [3.63, 3.8) is 0 Å². The van der Waals surface area contributed by atoms with E-state index in [4.69, 9.17) is 10.9 Å². The summed E-state index contributed by atoms with van der Waals surface area (Å²) in [6, 6.07) is 0. The second-order valence-corrected chi connectivity index (χ2v) is 2.39. The van der Waals surface area contributed by atoms with Crippen LogP contribution < -0.4 is 5.73 Å². The van der Waals surface area contributed by atoms with Crippen LogP contribution in [0, 0.1) is 0 Å². The van der Waals surface area contributed by atoms with Gasteiger partial charge in [-0.2, -0.15) is 8.42 Å². The van der Waals surface area contributed by atoms with E-state index in [1.807, 2.05) is 0 Å². The van der Waals surface area contributed by atoms with Crippen molar-refractivity contribution in [3.8, 4) is 0 Å². The Bertz CT molecular complexity index is 255. The number of guanidine groups is 1. The Hall–Kier alpha value is -1.10. The van der Waals surface area contributed by atoms with Gasteiger partial charge < -0.3 is 11.2 Å². The summed E-state index contributed by atoms with van der Waals surface area (Å²) in [4.78, 5) is 0. The third kappa shape index (κ3) is 2.19. The molecule has 0 saturated heterocycles. The smallest absolute Gasteiger partial charge is 0.412 e. The first-order valence-electron chi connectivity index (χ1n) is 1.97. The van der Waals surface area contributed by atoms with Gasteiger partial charge >= 0.3 is 10.4 Å². The molecular formula is CH5N3O6S. The molecule has 0 bridgehead atoms. The van der Waals surface area contributed by atoms with Crippen LogP contribution >= 0.6 is 0 Å². The molecule has 0 atom stereocenters. The highest BCUT2D eigenvalue weighted by molar-refractivity contribution is 7.81. The highest BCUT2D eigenvalue weighted by Crippen LogP contribution is 2.04. The van der Waals surface area contributed by atoms with E-state index in [2.05, 4.69) is 13.7 Å². The third-order valence-corrected chi connectivity index (χ3v) is 1.16. The monoisotopic (exact) mass is 187 g/mol. The number of oxime groups is 1. The van der Waals surface area contributed by atoms with E-state index in [-0.39, 0.29) is 10.7 Å². The van der Waals surface area contributed by atoms with Gasteiger partial charge in [0.1, 0.15) is 0 Å². The van der Waals surface area contributed by atoms with Gasteiger partial charge in [-0.15, -0.1) is 0 Å². The Balaban J connectivity index is 0.000001000. The molecule has 66 valence electrons. The molecule has 0 aromatic carbocycles. The minimum absolute atomic E-state index is 0. The van der Waals surface area contributed by atoms with E-state index < -0.39 is 16.4 Å². The number of hydrogen-bond donors (Lipinski definition) is 2. The van der Waals surface area contributed by atoms with Crippen LogP contribution in [0.4, 0.5) is 0 Å². The summed E-state index contributed by atoms with van der Waals surface area (Å²) >= 11 is 0. The molecule has 0 aliphatic carbocycles. The molecule has 0 radical (unpaired) electrons. The van der Waals surface area contributed by atoms with Gasteiger partial charge in [0.2, 0.25) is 0 Å². The Labute approximate surface area is 61.1 Å². The number of hydrogen-bond acceptors (Lipinski definition) is 8. The lowest BCUT2D eigenvalue weighted by molar-refractivity contribution is -0.229. The molecule has 0 aromatic rings. The topological polar surface area (TPSA) is 146 Å². The molecule has 1 heterocycles. The number of nitrogens with zero attached hydrogens (tertiary/aromatic N) is 2. The van der Waals surface area contributed by atoms with Crippen LogP contribution in [0.2, 0.25) is 0 Å². The normalized spacial score (nSPS) is 21.2. The molecule has 0 unspecified atom stereocenters. The van der Waals surface area contributed by atoms with Crippen LogP contribution in [-0.4, -0.2) is 30.3 Å². The zero-order valence-corrected chi connectivity index (χ0v) is 5.78. The lowest BCUT2D eigenvalue weighted by Gasteiger charge is -2.15. The van der Waals surface area contributed by atoms with Crippen LogP contribution in [0.25, 0.3) is 0 Å². The average molecular weight is 187 g/mol. The van der Waals surface area contributed by atoms with E-state index in [1.165, 1.54) is 0 Å². The molecule has 11 heavy (non-hydrogen) atoms. The Morgan fingerprint density at radius 1 is 1.64 bits per heavy atom. The van der Waals surface area contributed by atoms with Crippen molar-refractivity contribution in [2.75, 3.05) is 0 Å². The summed E-state index contributed by atoms with van der Waals surface area (Å²) < 4.78 is 27.7. The number of nitrogens with two attached hydrogens (primary N) is 1. The summed E-state index contributed by atoms with van der Waals surface area (Å²) in [6.45, 7) is 0. The van der Waals surface area contributed by atoms with Gasteiger partial charge in [0, 0.05) is 0 Å². The maximum absolute atomic E-state index is 10.2. The van der Waals surface area contributed by atoms with Crippen LogP contribution in [0.3, 0.4) is 0 Å². The van der Waals surface area contributed by atoms with Gasteiger partial charge in [0.25, 0.3) is 5.96 Å². The summed E-state index contributed by atoms with van der Waals surface area (Å²) in [5.74, 6) is -0.602. The Morgan fingerprint density at radius 2 is 2.18 bits per heavy atom. The Morgan fingerprint density at radius 3 is 2.55 bits per heavy atom. The fourth-order valence-electron chi connectivity index (χ4n) is 0.257. The van der Waals surface area contributed by atoms with E-state index in [0.717, 1.165) is 0 Å². The Kier molecular flexibility index (Phi) is 2.59. The molecule has 1 aliphatic heterocycles. The van der Waals surface area contributed by atoms with Crippen molar-refractivity contribution in [1.82, 2.24) is 5.23 Å². The fourth-order valence-corrected chi connectivity index (χ4v) is 0.701. The van der Waals surface area contributed by atoms with Crippen molar-refractivity contribution in [2.45, 2.75) is 0 Å². The first-order valence-corrected chi connectivity index (χ1v) is 3.30. The molecule has 1 rings (SSSR count). The predicted molar refractivity (Wildman–Crippen MR) is 30.0 cm³/mol. The molecule has 0 saturated carbocycles. The fraction of sp³-hybridized carbons (Fsp3) is 0. The molecule has 9 nitrogen and oxygen atoms in total. The lowest BCUT2D eigenvalue weighted by Crippen LogP contribution is -2.40. The van der Waals surface area contributed by atoms with Gasteiger partial charge in [-0.05, 0) is 5.16 Å². The maximum Gasteiger partial charge on any atom is 0.493 e. The van der Waals surface area contributed by atoms with Gasteiger partial charge in [0.15, 0.2) is 0 Å². The van der Waals surface area contributed by atoms with Crippen molar-refractivity contribution >= 4 is 16.4 Å². The first-order chi connectivity index (χ1) is 4.51. The quantitative estimate of drug-likeness (QED) is 0.419. The van der Waals surface area contributed by atoms with E-state index in [1.54, 1.807) is 0 Å². The van der Waals surface area contributed by atoms with E-state index in [9.17, 15) is 8.42 Å². The number of hydroxylamine groups is 2. The SMILES string of the molecule is NC1=NOS(=O)(=O)ON1O.O. The first kappa shape index (κ1) is 9.90. The number of rotatable bonds is 0. The van der Waals surface area contributed by atoms with E-state index >= 15 is 0 Å². The van der Waals surface area contributed by atoms with Gasteiger partial charge in [-0.25, -0.2) is 4.28 Å². The van der Waals surface area contributed by atoms with E-state index in [0.29, 0.717) is 0 Å². The van der Waals surface area contributed by atoms with Gasteiger partial charge in [-0.1, -0.05) is 9.51 Å². The second kappa shape index (κ2) is 2.87. The molecule has 0 amide bonds. The third-order valence-electron chi connectivity index (χ3n) is 0.580. The van der Waals surface area contributed by atoms with Crippen LogP contribution in [0.5, 0.6) is 0 Å². The van der Waals surface area contributed by atoms with Crippen molar-refractivity contribution in [3.05, 3.63) is 0 Å². The standard InChI is InChI=1S/CH3N3O5S.H2O/c2-1-3-8-10(6,7)9-4(1)5;/h5H,(H2,2,3);1H2. The highest BCUT2D eigenvalue weighted by Gasteiger charge is 2.25. The molecular weight excluding hydrogens is 182 g/mol. The van der Waals surface area contributed by atoms with Crippen molar-refractivity contribution in [1.29, 1.82) is 0 Å². The minimum atomic E-state index is -4.26. The molecule has 0 spiro atoms. The van der Waals surface area contributed by atoms with Crippen LogP contribution in [0.15, 0.2) is 5.16 Å². The predicted octanol–water partition coefficient (Wildman–Crippen LogP) is -2.71. The largest absolute Gasteiger partial charge is 0.493 e. The summed E-state index contributed by atoms with van der Waals surface area (Å²) in [6.07, 6.45) is 0. The maximum atomic E-state index is 10.2. The van der Waals surface area contributed by atoms with Gasteiger partial charge in [0.05, 0.1) is 0 Å². The average Bonchev–Trinajstić information content (AvgIpc) is 1.79. The molecule has 10 heteroatoms. The molecule has 0 aromatic heterocycles. The zero-order chi connectivity index (χ0) is 7.78. The molecule has 1 aliphatic rings. The summed E-state index contributed by atoms with van der Waals surface area (Å²) in [5, 5.41) is 10.9. The second-order valence-electron chi connectivity index (χ2n) is 1.28. The minimum Gasteiger partial charge on any atom is -0.412 e. The van der Waals surface area contributed by atoms with Crippen LogP contribution in [-0.2, 0) is 19.0 Å². The molecule has 0 fully saturated rings. The molecule has 5 N–H and O–H groups in total. The van der Waals surface area contributed by atoms with Gasteiger partial charge in [-0.3, -0.25) is 5.21 Å². The zero-order valence-electron chi connectivity index (χ0n) is 4.96. The van der Waals surface area contributed by atoms with Crippen molar-refractivity contribution < 1.29 is 27.7 Å². The van der Waals surface area contributed by atoms with Crippen molar-refractivity contribution in [2.24, 2.45) is 10.9 Å². The summed E-state index contributed by atoms with van der Waals surface area (Å²) in [7, 11) is -4.26.